The molecule has 0 N–H and O–H groups in total. The van der Waals surface area contributed by atoms with Crippen molar-refractivity contribution >= 4 is 29.2 Å². The van der Waals surface area contributed by atoms with Gasteiger partial charge < -0.3 is 9.64 Å². The van der Waals surface area contributed by atoms with Crippen LogP contribution >= 0.6 is 23.2 Å². The molecule has 0 saturated heterocycles. The average molecular weight is 290 g/mol. The highest BCUT2D eigenvalue weighted by atomic mass is 35.5. The van der Waals surface area contributed by atoms with Crippen molar-refractivity contribution < 1.29 is 9.53 Å². The van der Waals surface area contributed by atoms with Gasteiger partial charge in [-0.05, 0) is 32.6 Å². The second-order valence-corrected chi connectivity index (χ2v) is 5.24. The minimum Gasteiger partial charge on any atom is -0.460 e. The van der Waals surface area contributed by atoms with Gasteiger partial charge in [0.15, 0.2) is 5.38 Å². The molecule has 0 amide bonds. The Hall–Kier alpha value is -0.770. The van der Waals surface area contributed by atoms with E-state index in [1.165, 1.54) is 0 Å². The summed E-state index contributed by atoms with van der Waals surface area (Å²) in [6.07, 6.45) is -0.212. The largest absolute Gasteiger partial charge is 0.460 e. The molecule has 0 spiro atoms. The molecule has 2 atom stereocenters. The van der Waals surface area contributed by atoms with Crippen LogP contribution in [0, 0.1) is 0 Å². The van der Waals surface area contributed by atoms with Crippen LogP contribution in [0.25, 0.3) is 0 Å². The number of benzene rings is 1. The fourth-order valence-electron chi connectivity index (χ4n) is 1.62. The van der Waals surface area contributed by atoms with E-state index in [4.69, 9.17) is 27.9 Å². The highest BCUT2D eigenvalue weighted by molar-refractivity contribution is 6.35. The number of esters is 1. The van der Waals surface area contributed by atoms with Gasteiger partial charge in [-0.3, -0.25) is 4.79 Å². The van der Waals surface area contributed by atoms with Crippen molar-refractivity contribution in [3.05, 3.63) is 34.9 Å². The third kappa shape index (κ3) is 4.48. The van der Waals surface area contributed by atoms with E-state index in [-0.39, 0.29) is 6.10 Å². The Bertz CT molecular complexity index is 410. The summed E-state index contributed by atoms with van der Waals surface area (Å²) in [7, 11) is 3.83. The van der Waals surface area contributed by atoms with Crippen molar-refractivity contribution in [1.29, 1.82) is 0 Å². The van der Waals surface area contributed by atoms with Crippen molar-refractivity contribution in [2.75, 3.05) is 20.6 Å². The highest BCUT2D eigenvalue weighted by Gasteiger charge is 2.23. The van der Waals surface area contributed by atoms with Crippen LogP contribution in [0.1, 0.15) is 17.9 Å². The van der Waals surface area contributed by atoms with E-state index in [2.05, 4.69) is 0 Å². The number of carbonyl (C=O) groups excluding carboxylic acids is 1. The van der Waals surface area contributed by atoms with Gasteiger partial charge in [-0.1, -0.05) is 29.8 Å². The summed E-state index contributed by atoms with van der Waals surface area (Å²) in [5, 5.41) is -0.405. The lowest BCUT2D eigenvalue weighted by atomic mass is 10.1. The second kappa shape index (κ2) is 6.98. The van der Waals surface area contributed by atoms with Gasteiger partial charge in [-0.15, -0.1) is 11.6 Å². The summed E-state index contributed by atoms with van der Waals surface area (Å²) in [5.41, 5.74) is 0.572. The topological polar surface area (TPSA) is 29.5 Å². The Morgan fingerprint density at radius 3 is 2.56 bits per heavy atom. The Morgan fingerprint density at radius 1 is 1.39 bits per heavy atom. The fourth-order valence-corrected chi connectivity index (χ4v) is 2.16. The molecule has 18 heavy (non-hydrogen) atoms. The van der Waals surface area contributed by atoms with Crippen LogP contribution in [0.4, 0.5) is 0 Å². The van der Waals surface area contributed by atoms with Crippen molar-refractivity contribution in [2.24, 2.45) is 0 Å². The normalized spacial score (nSPS) is 14.3. The minimum absolute atomic E-state index is 0.212. The Labute approximate surface area is 118 Å². The number of carbonyl (C=O) groups is 1. The maximum Gasteiger partial charge on any atom is 0.329 e. The molecule has 1 aromatic carbocycles. The van der Waals surface area contributed by atoms with Gasteiger partial charge in [0.2, 0.25) is 0 Å². The van der Waals surface area contributed by atoms with Gasteiger partial charge in [0, 0.05) is 11.6 Å². The van der Waals surface area contributed by atoms with Crippen LogP contribution in [-0.4, -0.2) is 37.6 Å². The highest BCUT2D eigenvalue weighted by Crippen LogP contribution is 2.28. The molecule has 0 fully saturated rings. The predicted octanol–water partition coefficient (Wildman–Crippen LogP) is 3.11. The third-order valence-electron chi connectivity index (χ3n) is 2.32. The van der Waals surface area contributed by atoms with Gasteiger partial charge >= 0.3 is 5.97 Å². The standard InChI is InChI=1S/C13H17Cl2NO2/c1-9(8-16(2)3)18-13(17)12(15)10-6-4-5-7-11(10)14/h4-7,9,12H,8H2,1-3H3/t9?,12-/m0/s1. The molecule has 0 radical (unpaired) electrons. The van der Waals surface area contributed by atoms with E-state index in [1.54, 1.807) is 24.3 Å². The molecule has 100 valence electrons. The molecule has 1 aromatic rings. The van der Waals surface area contributed by atoms with E-state index in [9.17, 15) is 4.79 Å². The first-order valence-electron chi connectivity index (χ1n) is 5.65. The van der Waals surface area contributed by atoms with Crippen LogP contribution < -0.4 is 0 Å². The summed E-state index contributed by atoms with van der Waals surface area (Å²) in [6, 6.07) is 6.99. The van der Waals surface area contributed by atoms with Crippen LogP contribution in [0.15, 0.2) is 24.3 Å². The summed E-state index contributed by atoms with van der Waals surface area (Å²) in [5.74, 6) is -0.473. The fraction of sp³-hybridized carbons (Fsp3) is 0.462. The van der Waals surface area contributed by atoms with Crippen LogP contribution in [0.3, 0.4) is 0 Å². The molecular weight excluding hydrogens is 273 g/mol. The van der Waals surface area contributed by atoms with E-state index < -0.39 is 11.3 Å². The van der Waals surface area contributed by atoms with Gasteiger partial charge in [0.05, 0.1) is 0 Å². The number of alkyl halides is 1. The van der Waals surface area contributed by atoms with Crippen LogP contribution in [0.2, 0.25) is 5.02 Å². The van der Waals surface area contributed by atoms with Gasteiger partial charge in [-0.25, -0.2) is 0 Å². The molecule has 1 rings (SSSR count). The number of likely N-dealkylation sites (N-methyl/N-ethyl adjacent to an activating group) is 1. The number of halogens is 2. The van der Waals surface area contributed by atoms with Crippen LogP contribution in [0.5, 0.6) is 0 Å². The zero-order valence-electron chi connectivity index (χ0n) is 10.7. The molecule has 0 aromatic heterocycles. The minimum atomic E-state index is -0.872. The lowest BCUT2D eigenvalue weighted by molar-refractivity contribution is -0.148. The number of nitrogens with zero attached hydrogens (tertiary/aromatic N) is 1. The maximum absolute atomic E-state index is 11.9. The molecule has 1 unspecified atom stereocenters. The van der Waals surface area contributed by atoms with Crippen LogP contribution in [-0.2, 0) is 9.53 Å². The maximum atomic E-state index is 11.9. The molecule has 0 bridgehead atoms. The molecule has 0 aliphatic rings. The Kier molecular flexibility index (Phi) is 5.93. The Balaban J connectivity index is 2.65. The van der Waals surface area contributed by atoms with E-state index in [0.717, 1.165) is 0 Å². The summed E-state index contributed by atoms with van der Waals surface area (Å²) < 4.78 is 5.26. The summed E-state index contributed by atoms with van der Waals surface area (Å²) >= 11 is 12.1. The number of ether oxygens (including phenoxy) is 1. The lowest BCUT2D eigenvalue weighted by Crippen LogP contribution is -2.29. The molecule has 0 heterocycles. The number of rotatable bonds is 5. The van der Waals surface area contributed by atoms with Crippen molar-refractivity contribution in [3.63, 3.8) is 0 Å². The Morgan fingerprint density at radius 2 is 2.00 bits per heavy atom. The molecule has 0 aliphatic carbocycles. The van der Waals surface area contributed by atoms with E-state index in [0.29, 0.717) is 17.1 Å². The smallest absolute Gasteiger partial charge is 0.329 e. The predicted molar refractivity (Wildman–Crippen MR) is 74.2 cm³/mol. The monoisotopic (exact) mass is 289 g/mol. The first-order valence-corrected chi connectivity index (χ1v) is 6.47. The van der Waals surface area contributed by atoms with Gasteiger partial charge in [0.1, 0.15) is 6.10 Å². The molecule has 5 heteroatoms. The zero-order valence-corrected chi connectivity index (χ0v) is 12.2. The number of hydrogen-bond acceptors (Lipinski definition) is 3. The van der Waals surface area contributed by atoms with Gasteiger partial charge in [0.25, 0.3) is 0 Å². The zero-order chi connectivity index (χ0) is 13.7. The molecule has 3 nitrogen and oxygen atoms in total. The lowest BCUT2D eigenvalue weighted by Gasteiger charge is -2.19. The second-order valence-electron chi connectivity index (χ2n) is 4.39. The quantitative estimate of drug-likeness (QED) is 0.616. The summed E-state index contributed by atoms with van der Waals surface area (Å²) in [6.45, 7) is 2.48. The van der Waals surface area contributed by atoms with E-state index in [1.807, 2.05) is 25.9 Å². The SMILES string of the molecule is CC(CN(C)C)OC(=O)[C@@H](Cl)c1ccccc1Cl. The average Bonchev–Trinajstić information content (AvgIpc) is 2.27. The molecular formula is C13H17Cl2NO2. The van der Waals surface area contributed by atoms with Gasteiger partial charge in [-0.2, -0.15) is 0 Å². The first-order chi connectivity index (χ1) is 8.41. The van der Waals surface area contributed by atoms with E-state index >= 15 is 0 Å². The van der Waals surface area contributed by atoms with Crippen molar-refractivity contribution in [3.8, 4) is 0 Å². The third-order valence-corrected chi connectivity index (χ3v) is 3.08. The summed E-state index contributed by atoms with van der Waals surface area (Å²) in [4.78, 5) is 13.8. The van der Waals surface area contributed by atoms with Crippen molar-refractivity contribution in [2.45, 2.75) is 18.4 Å². The van der Waals surface area contributed by atoms with Crippen molar-refractivity contribution in [1.82, 2.24) is 4.90 Å². The first kappa shape index (κ1) is 15.3. The molecule has 0 saturated carbocycles. The number of hydrogen-bond donors (Lipinski definition) is 0. The molecule has 0 aliphatic heterocycles.